The van der Waals surface area contributed by atoms with Gasteiger partial charge in [-0.15, -0.1) is 24.0 Å². The molecule has 1 aliphatic carbocycles. The number of piperazine rings is 1. The molecule has 0 radical (unpaired) electrons. The average Bonchev–Trinajstić information content (AvgIpc) is 2.62. The van der Waals surface area contributed by atoms with Crippen LogP contribution in [0, 0.1) is 17.8 Å². The molecule has 2 rings (SSSR count). The molecule has 2 N–H and O–H groups in total. The Hall–Kier alpha value is -0.0800. The Kier molecular flexibility index (Phi) is 12.2. The van der Waals surface area contributed by atoms with Gasteiger partial charge in [-0.1, -0.05) is 20.8 Å². The van der Waals surface area contributed by atoms with Crippen molar-refractivity contribution in [1.82, 2.24) is 20.4 Å². The lowest BCUT2D eigenvalue weighted by Gasteiger charge is -2.34. The van der Waals surface area contributed by atoms with Gasteiger partial charge in [0.1, 0.15) is 0 Å². The molecule has 0 aromatic heterocycles. The molecule has 2 aliphatic rings. The number of hydrogen-bond donors (Lipinski definition) is 2. The second-order valence-electron chi connectivity index (χ2n) is 8.93. The summed E-state index contributed by atoms with van der Waals surface area (Å²) in [5.74, 6) is 3.36. The lowest BCUT2D eigenvalue weighted by atomic mass is 9.80. The van der Waals surface area contributed by atoms with E-state index >= 15 is 0 Å². The number of hydrogen-bond acceptors (Lipinski definition) is 3. The van der Waals surface area contributed by atoms with E-state index in [1.807, 2.05) is 0 Å². The first kappa shape index (κ1) is 25.0. The summed E-state index contributed by atoms with van der Waals surface area (Å²) in [6.45, 7) is 17.0. The zero-order valence-corrected chi connectivity index (χ0v) is 20.7. The summed E-state index contributed by atoms with van der Waals surface area (Å²) in [4.78, 5) is 9.91. The number of halogens is 1. The molecule has 6 heteroatoms. The SMILES string of the molecule is CCNC(=NCC(C)CN1CCN(C)CC1)NC1CCC(C(C)C)CC1.I. The van der Waals surface area contributed by atoms with Gasteiger partial charge in [-0.25, -0.2) is 0 Å². The van der Waals surface area contributed by atoms with Gasteiger partial charge in [0.25, 0.3) is 0 Å². The zero-order chi connectivity index (χ0) is 18.9. The Balaban J connectivity index is 0.00000364. The third-order valence-corrected chi connectivity index (χ3v) is 6.13. The van der Waals surface area contributed by atoms with Crippen LogP contribution in [-0.2, 0) is 0 Å². The van der Waals surface area contributed by atoms with E-state index in [2.05, 4.69) is 55.2 Å². The third kappa shape index (κ3) is 9.31. The van der Waals surface area contributed by atoms with Crippen molar-refractivity contribution in [3.63, 3.8) is 0 Å². The standard InChI is InChI=1S/C21H43N5.HI/c1-6-22-21(24-20-9-7-19(8-10-20)17(2)3)23-15-18(4)16-26-13-11-25(5)12-14-26;/h17-20H,6-16H2,1-5H3,(H2,22,23,24);1H. The highest BCUT2D eigenvalue weighted by Gasteiger charge is 2.23. The maximum absolute atomic E-state index is 4.90. The van der Waals surface area contributed by atoms with Crippen LogP contribution in [0.5, 0.6) is 0 Å². The first-order valence-corrected chi connectivity index (χ1v) is 10.9. The van der Waals surface area contributed by atoms with Crippen molar-refractivity contribution >= 4 is 29.9 Å². The zero-order valence-electron chi connectivity index (χ0n) is 18.3. The summed E-state index contributed by atoms with van der Waals surface area (Å²) >= 11 is 0. The molecule has 1 unspecified atom stereocenters. The summed E-state index contributed by atoms with van der Waals surface area (Å²) < 4.78 is 0. The van der Waals surface area contributed by atoms with Crippen LogP contribution < -0.4 is 10.6 Å². The normalized spacial score (nSPS) is 26.5. The maximum Gasteiger partial charge on any atom is 0.191 e. The van der Waals surface area contributed by atoms with Crippen molar-refractivity contribution in [2.24, 2.45) is 22.7 Å². The van der Waals surface area contributed by atoms with Crippen LogP contribution in [-0.4, -0.2) is 74.7 Å². The molecule has 27 heavy (non-hydrogen) atoms. The Bertz CT molecular complexity index is 413. The number of guanidine groups is 1. The minimum Gasteiger partial charge on any atom is -0.357 e. The van der Waals surface area contributed by atoms with Gasteiger partial charge in [0.2, 0.25) is 0 Å². The third-order valence-electron chi connectivity index (χ3n) is 6.13. The van der Waals surface area contributed by atoms with Crippen molar-refractivity contribution in [1.29, 1.82) is 0 Å². The number of likely N-dealkylation sites (N-methyl/N-ethyl adjacent to an activating group) is 1. The number of aliphatic imine (C=N–C) groups is 1. The van der Waals surface area contributed by atoms with Crippen molar-refractivity contribution in [3.05, 3.63) is 0 Å². The highest BCUT2D eigenvalue weighted by molar-refractivity contribution is 14.0. The smallest absolute Gasteiger partial charge is 0.191 e. The van der Waals surface area contributed by atoms with Gasteiger partial charge in [-0.3, -0.25) is 4.99 Å². The molecule has 160 valence electrons. The minimum absolute atomic E-state index is 0. The second-order valence-corrected chi connectivity index (χ2v) is 8.93. The van der Waals surface area contributed by atoms with Crippen molar-refractivity contribution in [2.45, 2.75) is 59.4 Å². The van der Waals surface area contributed by atoms with Crippen LogP contribution in [0.4, 0.5) is 0 Å². The van der Waals surface area contributed by atoms with E-state index in [4.69, 9.17) is 4.99 Å². The largest absolute Gasteiger partial charge is 0.357 e. The predicted octanol–water partition coefficient (Wildman–Crippen LogP) is 3.26. The fourth-order valence-corrected chi connectivity index (χ4v) is 4.22. The summed E-state index contributed by atoms with van der Waals surface area (Å²) in [5.41, 5.74) is 0. The number of nitrogens with zero attached hydrogens (tertiary/aromatic N) is 3. The monoisotopic (exact) mass is 493 g/mol. The van der Waals surface area contributed by atoms with E-state index in [0.29, 0.717) is 12.0 Å². The topological polar surface area (TPSA) is 42.9 Å². The highest BCUT2D eigenvalue weighted by atomic mass is 127. The molecule has 0 aromatic carbocycles. The Morgan fingerprint density at radius 2 is 1.67 bits per heavy atom. The Morgan fingerprint density at radius 1 is 1.04 bits per heavy atom. The van der Waals surface area contributed by atoms with Gasteiger partial charge in [0, 0.05) is 51.9 Å². The van der Waals surface area contributed by atoms with Gasteiger partial charge < -0.3 is 20.4 Å². The fraction of sp³-hybridized carbons (Fsp3) is 0.952. The Labute approximate surface area is 185 Å². The van der Waals surface area contributed by atoms with Gasteiger partial charge in [0.05, 0.1) is 0 Å². The molecule has 1 saturated heterocycles. The van der Waals surface area contributed by atoms with E-state index in [0.717, 1.165) is 37.4 Å². The first-order chi connectivity index (χ1) is 12.5. The van der Waals surface area contributed by atoms with Gasteiger partial charge in [0.15, 0.2) is 5.96 Å². The molecule has 0 aromatic rings. The molecule has 1 atom stereocenters. The molecule has 1 heterocycles. The van der Waals surface area contributed by atoms with E-state index in [1.54, 1.807) is 0 Å². The lowest BCUT2D eigenvalue weighted by Crippen LogP contribution is -2.46. The highest BCUT2D eigenvalue weighted by Crippen LogP contribution is 2.29. The van der Waals surface area contributed by atoms with Crippen LogP contribution in [0.25, 0.3) is 0 Å². The number of nitrogens with one attached hydrogen (secondary N) is 2. The maximum atomic E-state index is 4.90. The molecule has 1 aliphatic heterocycles. The van der Waals surface area contributed by atoms with E-state index in [-0.39, 0.29) is 24.0 Å². The van der Waals surface area contributed by atoms with Gasteiger partial charge >= 0.3 is 0 Å². The summed E-state index contributed by atoms with van der Waals surface area (Å²) in [6.07, 6.45) is 5.28. The van der Waals surface area contributed by atoms with Crippen molar-refractivity contribution in [2.75, 3.05) is 52.9 Å². The predicted molar refractivity (Wildman–Crippen MR) is 128 cm³/mol. The van der Waals surface area contributed by atoms with E-state index < -0.39 is 0 Å². The van der Waals surface area contributed by atoms with Crippen LogP contribution in [0.15, 0.2) is 4.99 Å². The molecule has 0 spiro atoms. The summed E-state index contributed by atoms with van der Waals surface area (Å²) in [7, 11) is 2.22. The molecular formula is C21H44IN5. The van der Waals surface area contributed by atoms with Crippen molar-refractivity contribution < 1.29 is 0 Å². The molecule has 2 fully saturated rings. The van der Waals surface area contributed by atoms with E-state index in [1.165, 1.54) is 51.9 Å². The second kappa shape index (κ2) is 13.2. The Morgan fingerprint density at radius 3 is 2.22 bits per heavy atom. The summed E-state index contributed by atoms with van der Waals surface area (Å²) in [5, 5.41) is 7.15. The van der Waals surface area contributed by atoms with Crippen LogP contribution in [0.2, 0.25) is 0 Å². The minimum atomic E-state index is 0. The molecule has 1 saturated carbocycles. The van der Waals surface area contributed by atoms with Crippen molar-refractivity contribution in [3.8, 4) is 0 Å². The molecule has 5 nitrogen and oxygen atoms in total. The van der Waals surface area contributed by atoms with Crippen LogP contribution in [0.1, 0.15) is 53.4 Å². The van der Waals surface area contributed by atoms with Crippen LogP contribution in [0.3, 0.4) is 0 Å². The quantitative estimate of drug-likeness (QED) is 0.325. The average molecular weight is 494 g/mol. The number of rotatable bonds is 7. The van der Waals surface area contributed by atoms with Gasteiger partial charge in [-0.2, -0.15) is 0 Å². The molecule has 0 amide bonds. The molecule has 0 bridgehead atoms. The fourth-order valence-electron chi connectivity index (χ4n) is 4.22. The van der Waals surface area contributed by atoms with E-state index in [9.17, 15) is 0 Å². The lowest BCUT2D eigenvalue weighted by molar-refractivity contribution is 0.140. The van der Waals surface area contributed by atoms with Gasteiger partial charge in [-0.05, 0) is 57.4 Å². The molecular weight excluding hydrogens is 449 g/mol. The van der Waals surface area contributed by atoms with Crippen LogP contribution >= 0.6 is 24.0 Å². The summed E-state index contributed by atoms with van der Waals surface area (Å²) in [6, 6.07) is 0.593. The first-order valence-electron chi connectivity index (χ1n) is 10.9.